The SMILES string of the molecule is Cc1ccc(-c2noc(-c3ccc(=O)n(CC(=O)Nc4ccc(F)cc4)c3)n2)cc1. The van der Waals surface area contributed by atoms with Crippen LogP contribution in [0.5, 0.6) is 0 Å². The summed E-state index contributed by atoms with van der Waals surface area (Å²) in [6, 6.07) is 15.9. The Morgan fingerprint density at radius 2 is 1.73 bits per heavy atom. The minimum absolute atomic E-state index is 0.219. The second-order valence-electron chi connectivity index (χ2n) is 6.73. The minimum Gasteiger partial charge on any atom is -0.334 e. The van der Waals surface area contributed by atoms with Gasteiger partial charge < -0.3 is 14.4 Å². The third-order valence-electron chi connectivity index (χ3n) is 4.41. The summed E-state index contributed by atoms with van der Waals surface area (Å²) < 4.78 is 19.5. The Labute approximate surface area is 170 Å². The van der Waals surface area contributed by atoms with Crippen molar-refractivity contribution in [3.05, 3.63) is 88.6 Å². The van der Waals surface area contributed by atoms with Crippen LogP contribution in [-0.2, 0) is 11.3 Å². The fraction of sp³-hybridized carbons (Fsp3) is 0.0909. The average Bonchev–Trinajstić information content (AvgIpc) is 3.22. The first-order valence-electron chi connectivity index (χ1n) is 9.15. The van der Waals surface area contributed by atoms with Gasteiger partial charge in [0.25, 0.3) is 11.4 Å². The zero-order valence-corrected chi connectivity index (χ0v) is 16.0. The number of anilines is 1. The number of benzene rings is 2. The van der Waals surface area contributed by atoms with Crippen LogP contribution in [0.25, 0.3) is 22.8 Å². The van der Waals surface area contributed by atoms with E-state index in [0.29, 0.717) is 17.1 Å². The predicted molar refractivity (Wildman–Crippen MR) is 109 cm³/mol. The van der Waals surface area contributed by atoms with Crippen molar-refractivity contribution in [1.29, 1.82) is 0 Å². The number of rotatable bonds is 5. The number of nitrogens with one attached hydrogen (secondary N) is 1. The third kappa shape index (κ3) is 4.33. The van der Waals surface area contributed by atoms with Gasteiger partial charge in [0.2, 0.25) is 11.7 Å². The van der Waals surface area contributed by atoms with Crippen molar-refractivity contribution in [2.45, 2.75) is 13.5 Å². The van der Waals surface area contributed by atoms with Gasteiger partial charge in [-0.3, -0.25) is 9.59 Å². The highest BCUT2D eigenvalue weighted by atomic mass is 19.1. The smallest absolute Gasteiger partial charge is 0.259 e. The number of aryl methyl sites for hydroxylation is 1. The van der Waals surface area contributed by atoms with Crippen LogP contribution in [0.15, 0.2) is 76.2 Å². The molecular formula is C22H17FN4O3. The number of pyridine rings is 1. The topological polar surface area (TPSA) is 90.0 Å². The average molecular weight is 404 g/mol. The molecule has 4 rings (SSSR count). The standard InChI is InChI=1S/C22H17FN4O3/c1-14-2-4-15(5-3-14)21-25-22(30-26-21)16-6-11-20(29)27(12-16)13-19(28)24-18-9-7-17(23)8-10-18/h2-12H,13H2,1H3,(H,24,28). The van der Waals surface area contributed by atoms with Crippen LogP contribution < -0.4 is 10.9 Å². The molecule has 0 aliphatic rings. The molecular weight excluding hydrogens is 387 g/mol. The molecule has 150 valence electrons. The van der Waals surface area contributed by atoms with Gasteiger partial charge in [0, 0.05) is 23.5 Å². The number of nitrogens with zero attached hydrogens (tertiary/aromatic N) is 3. The Morgan fingerprint density at radius 3 is 2.47 bits per heavy atom. The van der Waals surface area contributed by atoms with Crippen LogP contribution in [0.4, 0.5) is 10.1 Å². The molecule has 30 heavy (non-hydrogen) atoms. The van der Waals surface area contributed by atoms with Crippen molar-refractivity contribution >= 4 is 11.6 Å². The first-order chi connectivity index (χ1) is 14.5. The summed E-state index contributed by atoms with van der Waals surface area (Å²) in [5, 5.41) is 6.60. The highest BCUT2D eigenvalue weighted by Crippen LogP contribution is 2.21. The molecule has 0 saturated carbocycles. The lowest BCUT2D eigenvalue weighted by Crippen LogP contribution is -2.26. The quantitative estimate of drug-likeness (QED) is 0.548. The van der Waals surface area contributed by atoms with Crippen molar-refractivity contribution in [2.75, 3.05) is 5.32 Å². The number of aromatic nitrogens is 3. The van der Waals surface area contributed by atoms with E-state index < -0.39 is 11.7 Å². The molecule has 0 spiro atoms. The predicted octanol–water partition coefficient (Wildman–Crippen LogP) is 3.65. The third-order valence-corrected chi connectivity index (χ3v) is 4.41. The maximum Gasteiger partial charge on any atom is 0.259 e. The highest BCUT2D eigenvalue weighted by molar-refractivity contribution is 5.90. The molecule has 0 radical (unpaired) electrons. The van der Waals surface area contributed by atoms with Crippen LogP contribution in [0.3, 0.4) is 0 Å². The van der Waals surface area contributed by atoms with Gasteiger partial charge in [-0.25, -0.2) is 4.39 Å². The zero-order valence-electron chi connectivity index (χ0n) is 16.0. The van der Waals surface area contributed by atoms with Crippen LogP contribution in [-0.4, -0.2) is 20.6 Å². The van der Waals surface area contributed by atoms with Gasteiger partial charge in [0.15, 0.2) is 0 Å². The molecule has 2 aromatic carbocycles. The molecule has 0 atom stereocenters. The van der Waals surface area contributed by atoms with Crippen molar-refractivity contribution < 1.29 is 13.7 Å². The second kappa shape index (κ2) is 8.12. The summed E-state index contributed by atoms with van der Waals surface area (Å²) in [5.74, 6) is -0.164. The van der Waals surface area contributed by atoms with Gasteiger partial charge in [-0.2, -0.15) is 4.98 Å². The molecule has 0 bridgehead atoms. The molecule has 0 fully saturated rings. The number of carbonyl (C=O) groups is 1. The number of carbonyl (C=O) groups excluding carboxylic acids is 1. The summed E-state index contributed by atoms with van der Waals surface area (Å²) in [7, 11) is 0. The Kier molecular flexibility index (Phi) is 5.21. The number of hydrogen-bond donors (Lipinski definition) is 1. The number of halogens is 1. The lowest BCUT2D eigenvalue weighted by molar-refractivity contribution is -0.116. The normalized spacial score (nSPS) is 10.7. The largest absolute Gasteiger partial charge is 0.334 e. The summed E-state index contributed by atoms with van der Waals surface area (Å²) in [6.45, 7) is 1.77. The molecule has 0 aliphatic carbocycles. The van der Waals surface area contributed by atoms with Gasteiger partial charge in [0.1, 0.15) is 12.4 Å². The zero-order chi connectivity index (χ0) is 21.1. The lowest BCUT2D eigenvalue weighted by atomic mass is 10.1. The van der Waals surface area contributed by atoms with E-state index >= 15 is 0 Å². The van der Waals surface area contributed by atoms with E-state index in [4.69, 9.17) is 4.52 Å². The summed E-state index contributed by atoms with van der Waals surface area (Å²) in [5.41, 5.74) is 2.52. The molecule has 4 aromatic rings. The Hall–Kier alpha value is -4.07. The number of hydrogen-bond acceptors (Lipinski definition) is 5. The van der Waals surface area contributed by atoms with E-state index in [1.807, 2.05) is 31.2 Å². The Balaban J connectivity index is 1.53. The van der Waals surface area contributed by atoms with Gasteiger partial charge in [-0.1, -0.05) is 35.0 Å². The summed E-state index contributed by atoms with van der Waals surface area (Å²) >= 11 is 0. The fourth-order valence-electron chi connectivity index (χ4n) is 2.83. The molecule has 0 saturated heterocycles. The molecule has 2 heterocycles. The van der Waals surface area contributed by atoms with E-state index in [0.717, 1.165) is 11.1 Å². The van der Waals surface area contributed by atoms with Gasteiger partial charge in [0.05, 0.1) is 5.56 Å². The second-order valence-corrected chi connectivity index (χ2v) is 6.73. The van der Waals surface area contributed by atoms with E-state index in [9.17, 15) is 14.0 Å². The molecule has 7 nitrogen and oxygen atoms in total. The monoisotopic (exact) mass is 404 g/mol. The minimum atomic E-state index is -0.424. The van der Waals surface area contributed by atoms with Crippen molar-refractivity contribution in [1.82, 2.24) is 14.7 Å². The summed E-state index contributed by atoms with van der Waals surface area (Å²) in [4.78, 5) is 28.8. The first-order valence-corrected chi connectivity index (χ1v) is 9.15. The molecule has 0 unspecified atom stereocenters. The van der Waals surface area contributed by atoms with Crippen molar-refractivity contribution in [3.8, 4) is 22.8 Å². The van der Waals surface area contributed by atoms with Crippen molar-refractivity contribution in [2.24, 2.45) is 0 Å². The molecule has 1 N–H and O–H groups in total. The van der Waals surface area contributed by atoms with Crippen LogP contribution in [0.1, 0.15) is 5.56 Å². The van der Waals surface area contributed by atoms with E-state index in [1.54, 1.807) is 6.07 Å². The van der Waals surface area contributed by atoms with Crippen molar-refractivity contribution in [3.63, 3.8) is 0 Å². The molecule has 1 amide bonds. The molecule has 2 aromatic heterocycles. The number of amides is 1. The molecule has 0 aliphatic heterocycles. The van der Waals surface area contributed by atoms with Crippen LogP contribution >= 0.6 is 0 Å². The van der Waals surface area contributed by atoms with Gasteiger partial charge in [-0.05, 0) is 37.3 Å². The van der Waals surface area contributed by atoms with Crippen LogP contribution in [0.2, 0.25) is 0 Å². The molecule has 8 heteroatoms. The maximum atomic E-state index is 13.0. The van der Waals surface area contributed by atoms with E-state index in [1.165, 1.54) is 41.1 Å². The first kappa shape index (κ1) is 19.3. The van der Waals surface area contributed by atoms with Gasteiger partial charge in [-0.15, -0.1) is 0 Å². The van der Waals surface area contributed by atoms with Crippen LogP contribution in [0, 0.1) is 12.7 Å². The lowest BCUT2D eigenvalue weighted by Gasteiger charge is -2.08. The summed E-state index contributed by atoms with van der Waals surface area (Å²) in [6.07, 6.45) is 1.49. The Bertz CT molecular complexity index is 1240. The van der Waals surface area contributed by atoms with E-state index in [2.05, 4.69) is 15.5 Å². The Morgan fingerprint density at radius 1 is 1.03 bits per heavy atom. The fourth-order valence-corrected chi connectivity index (χ4v) is 2.83. The maximum absolute atomic E-state index is 13.0. The van der Waals surface area contributed by atoms with E-state index in [-0.39, 0.29) is 18.0 Å². The van der Waals surface area contributed by atoms with Gasteiger partial charge >= 0.3 is 0 Å². The highest BCUT2D eigenvalue weighted by Gasteiger charge is 2.13.